The maximum Gasteiger partial charge on any atom is 0.284 e. The van der Waals surface area contributed by atoms with E-state index in [0.29, 0.717) is 27.4 Å². The Morgan fingerprint density at radius 2 is 2.03 bits per heavy atom. The number of amides is 1. The molecule has 0 unspecified atom stereocenters. The van der Waals surface area contributed by atoms with Gasteiger partial charge in [-0.25, -0.2) is 0 Å². The molecule has 2 N–H and O–H groups in total. The molecule has 0 atom stereocenters. The smallest absolute Gasteiger partial charge is 0.284 e. The van der Waals surface area contributed by atoms with Gasteiger partial charge < -0.3 is 15.3 Å². The van der Waals surface area contributed by atoms with E-state index in [-0.39, 0.29) is 30.4 Å². The number of halogens is 1. The summed E-state index contributed by atoms with van der Waals surface area (Å²) >= 11 is 6.13. The summed E-state index contributed by atoms with van der Waals surface area (Å²) in [6.45, 7) is 0.173. The number of hydrogen-bond acceptors (Lipinski definition) is 5. The number of aromatic nitrogens is 2. The molecule has 0 fully saturated rings. The average molecular weight is 490 g/mol. The highest BCUT2D eigenvalue weighted by molar-refractivity contribution is 7.90. The molecule has 33 heavy (non-hydrogen) atoms. The average Bonchev–Trinajstić information content (AvgIpc) is 3.23. The van der Waals surface area contributed by atoms with Gasteiger partial charge in [-0.3, -0.25) is 9.48 Å². The Labute approximate surface area is 197 Å². The van der Waals surface area contributed by atoms with Crippen LogP contribution in [0.5, 0.6) is 0 Å². The van der Waals surface area contributed by atoms with Gasteiger partial charge in [0.1, 0.15) is 6.34 Å². The molecule has 0 aliphatic rings. The standard InChI is InChI=1S/C22H24ClN5O4S/c1-27(2)15-25-33(31,32)21-12-18(26-22(30)11-16-5-3-4-6-20(16)23)7-8-19(21)17-13-24-28(14-17)9-10-29/h3-8,12-15,29H,9-11H2,1-2H3,(H,26,30)/b25-15+. The molecule has 1 amide bonds. The largest absolute Gasteiger partial charge is 0.394 e. The predicted molar refractivity (Wildman–Crippen MR) is 128 cm³/mol. The van der Waals surface area contributed by atoms with Crippen LogP contribution in [0.25, 0.3) is 11.1 Å². The van der Waals surface area contributed by atoms with Gasteiger partial charge in [0.2, 0.25) is 5.91 Å². The van der Waals surface area contributed by atoms with Crippen molar-refractivity contribution in [1.29, 1.82) is 0 Å². The molecule has 2 aromatic carbocycles. The Kier molecular flexibility index (Phi) is 7.85. The second-order valence-electron chi connectivity index (χ2n) is 7.40. The predicted octanol–water partition coefficient (Wildman–Crippen LogP) is 2.66. The Hall–Kier alpha value is -3.21. The Morgan fingerprint density at radius 1 is 1.27 bits per heavy atom. The fraction of sp³-hybridized carbons (Fsp3) is 0.227. The molecule has 0 aliphatic heterocycles. The van der Waals surface area contributed by atoms with E-state index >= 15 is 0 Å². The van der Waals surface area contributed by atoms with Crippen molar-refractivity contribution >= 4 is 39.6 Å². The molecular formula is C22H24ClN5O4S. The molecule has 0 saturated heterocycles. The van der Waals surface area contributed by atoms with Gasteiger partial charge in [-0.2, -0.15) is 13.5 Å². The molecular weight excluding hydrogens is 466 g/mol. The number of sulfonamides is 1. The number of benzene rings is 2. The summed E-state index contributed by atoms with van der Waals surface area (Å²) in [4.78, 5) is 14.0. The van der Waals surface area contributed by atoms with Crippen LogP contribution in [-0.4, -0.2) is 61.2 Å². The second kappa shape index (κ2) is 10.6. The third-order valence-electron chi connectivity index (χ3n) is 4.54. The highest BCUT2D eigenvalue weighted by Gasteiger charge is 2.21. The first kappa shape index (κ1) is 24.4. The van der Waals surface area contributed by atoms with E-state index in [1.165, 1.54) is 28.2 Å². The zero-order valence-electron chi connectivity index (χ0n) is 18.1. The van der Waals surface area contributed by atoms with Crippen LogP contribution < -0.4 is 5.32 Å². The van der Waals surface area contributed by atoms with Crippen LogP contribution in [0, 0.1) is 0 Å². The Morgan fingerprint density at radius 3 is 2.73 bits per heavy atom. The Balaban J connectivity index is 1.96. The van der Waals surface area contributed by atoms with E-state index in [2.05, 4.69) is 14.8 Å². The molecule has 174 valence electrons. The van der Waals surface area contributed by atoms with Gasteiger partial charge in [0.05, 0.1) is 30.7 Å². The van der Waals surface area contributed by atoms with Gasteiger partial charge in [0.25, 0.3) is 10.0 Å². The molecule has 3 rings (SSSR count). The molecule has 1 aromatic heterocycles. The minimum Gasteiger partial charge on any atom is -0.394 e. The number of aliphatic hydroxyl groups is 1. The van der Waals surface area contributed by atoms with E-state index in [1.807, 2.05) is 0 Å². The van der Waals surface area contributed by atoms with E-state index < -0.39 is 10.0 Å². The lowest BCUT2D eigenvalue weighted by Gasteiger charge is -2.12. The van der Waals surface area contributed by atoms with Crippen LogP contribution in [0.4, 0.5) is 5.69 Å². The SMILES string of the molecule is CN(C)/C=N/S(=O)(=O)c1cc(NC(=O)Cc2ccccc2Cl)ccc1-c1cnn(CCO)c1. The summed E-state index contributed by atoms with van der Waals surface area (Å²) in [5.74, 6) is -0.341. The number of nitrogens with one attached hydrogen (secondary N) is 1. The lowest BCUT2D eigenvalue weighted by atomic mass is 10.1. The summed E-state index contributed by atoms with van der Waals surface area (Å²) < 4.78 is 31.3. The van der Waals surface area contributed by atoms with Gasteiger partial charge in [0, 0.05) is 42.1 Å². The molecule has 0 saturated carbocycles. The van der Waals surface area contributed by atoms with Gasteiger partial charge in [-0.1, -0.05) is 35.9 Å². The van der Waals surface area contributed by atoms with E-state index in [9.17, 15) is 13.2 Å². The van der Waals surface area contributed by atoms with Crippen molar-refractivity contribution in [3.63, 3.8) is 0 Å². The number of anilines is 1. The van der Waals surface area contributed by atoms with Gasteiger partial charge in [-0.15, -0.1) is 4.40 Å². The van der Waals surface area contributed by atoms with Crippen molar-refractivity contribution in [2.24, 2.45) is 4.40 Å². The van der Waals surface area contributed by atoms with Crippen molar-refractivity contribution < 1.29 is 18.3 Å². The molecule has 0 aliphatic carbocycles. The fourth-order valence-electron chi connectivity index (χ4n) is 3.01. The lowest BCUT2D eigenvalue weighted by molar-refractivity contribution is -0.115. The summed E-state index contributed by atoms with van der Waals surface area (Å²) in [6.07, 6.45) is 4.37. The van der Waals surface area contributed by atoms with Crippen molar-refractivity contribution in [2.75, 3.05) is 26.0 Å². The maximum atomic E-state index is 13.0. The number of aliphatic hydroxyl groups excluding tert-OH is 1. The van der Waals surface area contributed by atoms with E-state index in [4.69, 9.17) is 16.7 Å². The van der Waals surface area contributed by atoms with Gasteiger partial charge in [-0.05, 0) is 23.8 Å². The minimum absolute atomic E-state index is 0.0379. The van der Waals surface area contributed by atoms with Crippen LogP contribution >= 0.6 is 11.6 Å². The second-order valence-corrected chi connectivity index (χ2v) is 9.41. The number of carbonyl (C=O) groups excluding carboxylic acids is 1. The molecule has 11 heteroatoms. The van der Waals surface area contributed by atoms with Gasteiger partial charge in [0.15, 0.2) is 0 Å². The van der Waals surface area contributed by atoms with Crippen molar-refractivity contribution in [2.45, 2.75) is 17.9 Å². The molecule has 9 nitrogen and oxygen atoms in total. The Bertz CT molecular complexity index is 1270. The first-order valence-electron chi connectivity index (χ1n) is 9.97. The zero-order chi connectivity index (χ0) is 24.0. The first-order valence-corrected chi connectivity index (χ1v) is 11.8. The molecule has 0 radical (unpaired) electrons. The highest BCUT2D eigenvalue weighted by atomic mass is 35.5. The number of nitrogens with zero attached hydrogens (tertiary/aromatic N) is 4. The monoisotopic (exact) mass is 489 g/mol. The van der Waals surface area contributed by atoms with Gasteiger partial charge >= 0.3 is 0 Å². The first-order chi connectivity index (χ1) is 15.7. The van der Waals surface area contributed by atoms with E-state index in [1.54, 1.807) is 56.7 Å². The minimum atomic E-state index is -4.09. The normalized spacial score (nSPS) is 11.6. The molecule has 0 spiro atoms. The maximum absolute atomic E-state index is 13.0. The third-order valence-corrected chi connectivity index (χ3v) is 6.18. The van der Waals surface area contributed by atoms with Crippen LogP contribution in [-0.2, 0) is 27.8 Å². The van der Waals surface area contributed by atoms with Crippen molar-refractivity contribution in [3.8, 4) is 11.1 Å². The van der Waals surface area contributed by atoms with Crippen LogP contribution in [0.3, 0.4) is 0 Å². The quantitative estimate of drug-likeness (QED) is 0.352. The zero-order valence-corrected chi connectivity index (χ0v) is 19.7. The van der Waals surface area contributed by atoms with Crippen molar-refractivity contribution in [3.05, 3.63) is 65.4 Å². The summed E-state index contributed by atoms with van der Waals surface area (Å²) in [5, 5.41) is 16.5. The number of hydrogen-bond donors (Lipinski definition) is 2. The molecule has 3 aromatic rings. The third kappa shape index (κ3) is 6.41. The summed E-state index contributed by atoms with van der Waals surface area (Å²) in [6, 6.07) is 11.6. The summed E-state index contributed by atoms with van der Waals surface area (Å²) in [7, 11) is -0.778. The number of rotatable bonds is 9. The van der Waals surface area contributed by atoms with Crippen LogP contribution in [0.15, 0.2) is 64.2 Å². The topological polar surface area (TPSA) is 117 Å². The van der Waals surface area contributed by atoms with Crippen LogP contribution in [0.2, 0.25) is 5.02 Å². The van der Waals surface area contributed by atoms with E-state index in [0.717, 1.165) is 0 Å². The molecule has 1 heterocycles. The molecule has 0 bridgehead atoms. The fourth-order valence-corrected chi connectivity index (χ4v) is 4.38. The van der Waals surface area contributed by atoms with Crippen molar-refractivity contribution in [1.82, 2.24) is 14.7 Å². The number of carbonyl (C=O) groups is 1. The highest BCUT2D eigenvalue weighted by Crippen LogP contribution is 2.31. The van der Waals surface area contributed by atoms with Crippen LogP contribution in [0.1, 0.15) is 5.56 Å². The summed E-state index contributed by atoms with van der Waals surface area (Å²) in [5.41, 5.74) is 1.88. The lowest BCUT2D eigenvalue weighted by Crippen LogP contribution is -2.15.